The molecule has 0 aromatic carbocycles. The summed E-state index contributed by atoms with van der Waals surface area (Å²) >= 11 is 0. The van der Waals surface area contributed by atoms with Crippen LogP contribution in [0.25, 0.3) is 0 Å². The molecule has 1 atom stereocenters. The molecule has 1 unspecified atom stereocenters. The van der Waals surface area contributed by atoms with E-state index < -0.39 is 8.38 Å². The molecule has 0 heterocycles. The molecule has 4 saturated carbocycles. The molecule has 4 aliphatic carbocycles. The Kier molecular flexibility index (Phi) is 3.02. The number of hydrogen-bond donors (Lipinski definition) is 2. The lowest BCUT2D eigenvalue weighted by Crippen LogP contribution is -2.47. The summed E-state index contributed by atoms with van der Waals surface area (Å²) in [4.78, 5) is 18.4. The van der Waals surface area contributed by atoms with Crippen molar-refractivity contribution in [2.24, 2.45) is 35.5 Å². The van der Waals surface area contributed by atoms with Gasteiger partial charge in [0.2, 0.25) is 0 Å². The second-order valence-corrected chi connectivity index (χ2v) is 7.65. The van der Waals surface area contributed by atoms with Crippen LogP contribution in [0.1, 0.15) is 39.0 Å². The molecule has 0 aromatic heterocycles. The topological polar surface area (TPSA) is 40.5 Å². The van der Waals surface area contributed by atoms with E-state index in [-0.39, 0.29) is 0 Å². The van der Waals surface area contributed by atoms with E-state index in [0.717, 1.165) is 29.6 Å². The summed E-state index contributed by atoms with van der Waals surface area (Å²) in [6.07, 6.45) is 7.91. The summed E-state index contributed by atoms with van der Waals surface area (Å²) in [7, 11) is -1.68. The molecule has 92 valence electrons. The van der Waals surface area contributed by atoms with E-state index in [2.05, 4.69) is 6.92 Å². The predicted molar refractivity (Wildman–Crippen MR) is 65.9 cm³/mol. The quantitative estimate of drug-likeness (QED) is 0.747. The van der Waals surface area contributed by atoms with Crippen LogP contribution in [0.4, 0.5) is 0 Å². The van der Waals surface area contributed by atoms with E-state index >= 15 is 0 Å². The first-order valence-corrected chi connectivity index (χ1v) is 8.22. The fourth-order valence-electron chi connectivity index (χ4n) is 5.28. The van der Waals surface area contributed by atoms with Gasteiger partial charge in [-0.2, -0.15) is 0 Å². The van der Waals surface area contributed by atoms with Gasteiger partial charge in [0.15, 0.2) is 8.38 Å². The zero-order valence-corrected chi connectivity index (χ0v) is 10.9. The van der Waals surface area contributed by atoms with Crippen LogP contribution >= 0.6 is 8.38 Å². The summed E-state index contributed by atoms with van der Waals surface area (Å²) < 4.78 is 0. The first-order chi connectivity index (χ1) is 7.63. The van der Waals surface area contributed by atoms with Gasteiger partial charge in [0, 0.05) is 6.16 Å². The molecule has 0 radical (unpaired) electrons. The highest BCUT2D eigenvalue weighted by atomic mass is 31.2. The van der Waals surface area contributed by atoms with Gasteiger partial charge in [0.05, 0.1) is 0 Å². The van der Waals surface area contributed by atoms with Gasteiger partial charge in [0.1, 0.15) is 0 Å². The van der Waals surface area contributed by atoms with Crippen molar-refractivity contribution in [3.05, 3.63) is 0 Å². The number of hydrogen-bond acceptors (Lipinski definition) is 2. The Morgan fingerprint density at radius 3 is 1.94 bits per heavy atom. The van der Waals surface area contributed by atoms with Crippen molar-refractivity contribution in [3.63, 3.8) is 0 Å². The van der Waals surface area contributed by atoms with E-state index in [0.29, 0.717) is 12.1 Å². The van der Waals surface area contributed by atoms with Gasteiger partial charge in [-0.1, -0.05) is 6.92 Å². The van der Waals surface area contributed by atoms with E-state index in [9.17, 15) is 9.79 Å². The van der Waals surface area contributed by atoms with Crippen molar-refractivity contribution in [1.29, 1.82) is 0 Å². The monoisotopic (exact) mass is 242 g/mol. The molecule has 16 heavy (non-hydrogen) atoms. The van der Waals surface area contributed by atoms with Gasteiger partial charge >= 0.3 is 0 Å². The van der Waals surface area contributed by atoms with Gasteiger partial charge in [-0.25, -0.2) is 0 Å². The van der Waals surface area contributed by atoms with Gasteiger partial charge in [-0.05, 0) is 67.6 Å². The average Bonchev–Trinajstić information content (AvgIpc) is 2.13. The molecule has 4 bridgehead atoms. The molecule has 0 spiro atoms. The maximum atomic E-state index is 9.20. The Balaban J connectivity index is 1.71. The van der Waals surface area contributed by atoms with E-state index in [1.165, 1.54) is 32.1 Å². The van der Waals surface area contributed by atoms with Crippen molar-refractivity contribution in [1.82, 2.24) is 0 Å². The number of rotatable bonds is 3. The van der Waals surface area contributed by atoms with Crippen molar-refractivity contribution in [2.45, 2.75) is 39.0 Å². The van der Waals surface area contributed by atoms with Crippen LogP contribution in [0.5, 0.6) is 0 Å². The Hall–Kier alpha value is 0.350. The maximum Gasteiger partial charge on any atom is 0.165 e. The SMILES string of the molecule is CC(CP(O)O)C1C2CC3CC(C2)CC1C3. The lowest BCUT2D eigenvalue weighted by Gasteiger charge is -2.56. The third-order valence-electron chi connectivity index (χ3n) is 5.41. The predicted octanol–water partition coefficient (Wildman–Crippen LogP) is 2.99. The first kappa shape index (κ1) is 11.4. The standard InChI is InChI=1S/C13H23O2P/c1-8(7-16(14)15)13-11-3-9-2-10(5-11)6-12(13)4-9/h8-15H,2-7H2,1H3. The highest BCUT2D eigenvalue weighted by molar-refractivity contribution is 7.45. The molecular weight excluding hydrogens is 219 g/mol. The van der Waals surface area contributed by atoms with Crippen LogP contribution in [0.15, 0.2) is 0 Å². The molecule has 4 fully saturated rings. The summed E-state index contributed by atoms with van der Waals surface area (Å²) in [6, 6.07) is 0. The van der Waals surface area contributed by atoms with Crippen LogP contribution < -0.4 is 0 Å². The molecule has 0 aliphatic heterocycles. The molecule has 4 rings (SSSR count). The summed E-state index contributed by atoms with van der Waals surface area (Å²) in [6.45, 7) is 2.24. The van der Waals surface area contributed by atoms with E-state index in [1.807, 2.05) is 0 Å². The van der Waals surface area contributed by atoms with Gasteiger partial charge in [0.25, 0.3) is 0 Å². The van der Waals surface area contributed by atoms with Crippen LogP contribution in [-0.2, 0) is 0 Å². The third-order valence-corrected chi connectivity index (χ3v) is 6.31. The zero-order chi connectivity index (χ0) is 11.3. The molecular formula is C13H23O2P. The minimum absolute atomic E-state index is 0.524. The summed E-state index contributed by atoms with van der Waals surface area (Å²) in [5.41, 5.74) is 0. The van der Waals surface area contributed by atoms with Crippen molar-refractivity contribution >= 4 is 8.38 Å². The van der Waals surface area contributed by atoms with Crippen molar-refractivity contribution < 1.29 is 9.79 Å². The maximum absolute atomic E-state index is 9.20. The van der Waals surface area contributed by atoms with Crippen LogP contribution in [0.3, 0.4) is 0 Å². The van der Waals surface area contributed by atoms with E-state index in [4.69, 9.17) is 0 Å². The fraction of sp³-hybridized carbons (Fsp3) is 1.00. The highest BCUT2D eigenvalue weighted by Gasteiger charge is 2.49. The second-order valence-electron chi connectivity index (χ2n) is 6.54. The van der Waals surface area contributed by atoms with Gasteiger partial charge in [-0.3, -0.25) is 0 Å². The van der Waals surface area contributed by atoms with Gasteiger partial charge in [-0.15, -0.1) is 0 Å². The molecule has 0 amide bonds. The van der Waals surface area contributed by atoms with Crippen LogP contribution in [0, 0.1) is 35.5 Å². The molecule has 0 saturated heterocycles. The average molecular weight is 242 g/mol. The van der Waals surface area contributed by atoms with Crippen LogP contribution in [-0.4, -0.2) is 15.9 Å². The zero-order valence-electron chi connectivity index (χ0n) is 10.0. The Bertz CT molecular complexity index is 239. The Morgan fingerprint density at radius 2 is 1.50 bits per heavy atom. The lowest BCUT2D eigenvalue weighted by molar-refractivity contribution is -0.0549. The molecule has 3 heteroatoms. The largest absolute Gasteiger partial charge is 0.350 e. The second kappa shape index (κ2) is 4.23. The molecule has 2 nitrogen and oxygen atoms in total. The first-order valence-electron chi connectivity index (χ1n) is 6.78. The normalized spacial score (nSPS) is 47.6. The van der Waals surface area contributed by atoms with Crippen molar-refractivity contribution in [2.75, 3.05) is 6.16 Å². The molecule has 4 aliphatic rings. The fourth-order valence-corrected chi connectivity index (χ4v) is 6.03. The lowest BCUT2D eigenvalue weighted by atomic mass is 9.50. The summed E-state index contributed by atoms with van der Waals surface area (Å²) in [5.74, 6) is 5.21. The minimum Gasteiger partial charge on any atom is -0.350 e. The van der Waals surface area contributed by atoms with Crippen LogP contribution in [0.2, 0.25) is 0 Å². The van der Waals surface area contributed by atoms with E-state index in [1.54, 1.807) is 0 Å². The van der Waals surface area contributed by atoms with Crippen molar-refractivity contribution in [3.8, 4) is 0 Å². The molecule has 0 aromatic rings. The molecule has 2 N–H and O–H groups in total. The minimum atomic E-state index is -1.68. The third kappa shape index (κ3) is 1.94. The smallest absolute Gasteiger partial charge is 0.165 e. The van der Waals surface area contributed by atoms with Gasteiger partial charge < -0.3 is 9.79 Å². The summed E-state index contributed by atoms with van der Waals surface area (Å²) in [5, 5.41) is 0. The highest BCUT2D eigenvalue weighted by Crippen LogP contribution is 2.58. The Morgan fingerprint density at radius 1 is 1.00 bits per heavy atom. The Labute approximate surface area is 99.4 Å².